The van der Waals surface area contributed by atoms with Gasteiger partial charge in [-0.3, -0.25) is 4.79 Å². The fourth-order valence-corrected chi connectivity index (χ4v) is 5.31. The molecule has 0 radical (unpaired) electrons. The molecular weight excluding hydrogens is 500 g/mol. The number of thiophene rings is 1. The molecule has 9 nitrogen and oxygen atoms in total. The van der Waals surface area contributed by atoms with Crippen molar-refractivity contribution in [3.8, 4) is 9.88 Å². The van der Waals surface area contributed by atoms with Crippen LogP contribution in [0.25, 0.3) is 9.88 Å². The van der Waals surface area contributed by atoms with Crippen LogP contribution in [0, 0.1) is 0 Å². The van der Waals surface area contributed by atoms with Crippen molar-refractivity contribution in [2.24, 2.45) is 0 Å². The molecule has 1 fully saturated rings. The number of anilines is 2. The van der Waals surface area contributed by atoms with Crippen LogP contribution in [0.2, 0.25) is 0 Å². The quantitative estimate of drug-likeness (QED) is 0.467. The Morgan fingerprint density at radius 1 is 1.06 bits per heavy atom. The summed E-state index contributed by atoms with van der Waals surface area (Å²) >= 11 is 2.96. The van der Waals surface area contributed by atoms with E-state index >= 15 is 0 Å². The molecule has 1 aliphatic heterocycles. The molecule has 3 aromatic rings. The number of esters is 1. The molecule has 1 saturated heterocycles. The molecule has 3 heterocycles. The van der Waals surface area contributed by atoms with Crippen LogP contribution in [0.4, 0.5) is 16.2 Å². The fourth-order valence-electron chi connectivity index (χ4n) is 3.69. The minimum Gasteiger partial charge on any atom is -0.465 e. The zero-order valence-electron chi connectivity index (χ0n) is 20.6. The van der Waals surface area contributed by atoms with Gasteiger partial charge in [0.05, 0.1) is 28.9 Å². The van der Waals surface area contributed by atoms with Crippen LogP contribution in [0.15, 0.2) is 41.1 Å². The van der Waals surface area contributed by atoms with E-state index in [0.717, 1.165) is 15.6 Å². The number of hydrogen-bond acceptors (Lipinski definition) is 9. The number of amides is 2. The molecule has 0 atom stereocenters. The first-order valence-corrected chi connectivity index (χ1v) is 13.2. The second kappa shape index (κ2) is 10.7. The number of thiazole rings is 1. The van der Waals surface area contributed by atoms with Gasteiger partial charge in [-0.25, -0.2) is 14.6 Å². The number of nitrogens with one attached hydrogen (secondary N) is 1. The van der Waals surface area contributed by atoms with E-state index in [-0.39, 0.29) is 12.0 Å². The number of hydrogen-bond donors (Lipinski definition) is 1. The smallest absolute Gasteiger partial charge is 0.410 e. The second-order valence-electron chi connectivity index (χ2n) is 9.15. The van der Waals surface area contributed by atoms with Gasteiger partial charge in [-0.2, -0.15) is 0 Å². The van der Waals surface area contributed by atoms with Crippen molar-refractivity contribution in [2.75, 3.05) is 43.5 Å². The first kappa shape index (κ1) is 25.6. The minimum absolute atomic E-state index is 0.299. The molecule has 1 N–H and O–H groups in total. The molecule has 2 amide bonds. The summed E-state index contributed by atoms with van der Waals surface area (Å²) in [5.41, 5.74) is 1.27. The molecule has 0 aliphatic carbocycles. The van der Waals surface area contributed by atoms with Crippen LogP contribution in [0.3, 0.4) is 0 Å². The van der Waals surface area contributed by atoms with Gasteiger partial charge in [0, 0.05) is 31.6 Å². The van der Waals surface area contributed by atoms with Crippen LogP contribution in [-0.2, 0) is 9.47 Å². The Morgan fingerprint density at radius 2 is 1.81 bits per heavy atom. The first-order valence-electron chi connectivity index (χ1n) is 11.4. The summed E-state index contributed by atoms with van der Waals surface area (Å²) in [6.45, 7) is 7.53. The zero-order chi connectivity index (χ0) is 25.9. The van der Waals surface area contributed by atoms with E-state index in [4.69, 9.17) is 9.47 Å². The summed E-state index contributed by atoms with van der Waals surface area (Å²) in [7, 11) is 1.31. The first-order chi connectivity index (χ1) is 17.1. The van der Waals surface area contributed by atoms with Gasteiger partial charge >= 0.3 is 12.1 Å². The second-order valence-corrected chi connectivity index (χ2v) is 11.0. The Bertz CT molecular complexity index is 1240. The number of rotatable bonds is 5. The molecule has 1 aliphatic rings. The maximum absolute atomic E-state index is 13.1. The van der Waals surface area contributed by atoms with E-state index in [2.05, 4.69) is 15.2 Å². The molecule has 0 bridgehead atoms. The lowest BCUT2D eigenvalue weighted by Gasteiger charge is -2.37. The third kappa shape index (κ3) is 6.03. The third-order valence-corrected chi connectivity index (χ3v) is 7.29. The lowest BCUT2D eigenvalue weighted by Crippen LogP contribution is -2.50. The summed E-state index contributed by atoms with van der Waals surface area (Å²) in [5, 5.41) is 7.37. The number of aromatic nitrogens is 1. The summed E-state index contributed by atoms with van der Waals surface area (Å²) in [6.07, 6.45) is -0.346. The SMILES string of the molecule is COC(=O)c1ccc(N2CCN(C(=O)OC(C)(C)C)CC2)c(NC(=O)c2csc(-c3cccs3)n2)c1. The highest BCUT2D eigenvalue weighted by Gasteiger charge is 2.27. The maximum atomic E-state index is 13.1. The molecule has 0 spiro atoms. The van der Waals surface area contributed by atoms with Crippen LogP contribution >= 0.6 is 22.7 Å². The zero-order valence-corrected chi connectivity index (χ0v) is 22.2. The van der Waals surface area contributed by atoms with Gasteiger partial charge in [-0.15, -0.1) is 22.7 Å². The van der Waals surface area contributed by atoms with Gasteiger partial charge in [0.25, 0.3) is 5.91 Å². The average Bonchev–Trinajstić information content (AvgIpc) is 3.55. The molecule has 0 saturated carbocycles. The van der Waals surface area contributed by atoms with E-state index in [1.165, 1.54) is 18.4 Å². The summed E-state index contributed by atoms with van der Waals surface area (Å²) < 4.78 is 10.3. The predicted octanol–water partition coefficient (Wildman–Crippen LogP) is 4.97. The van der Waals surface area contributed by atoms with E-state index in [9.17, 15) is 14.4 Å². The van der Waals surface area contributed by atoms with Crippen molar-refractivity contribution < 1.29 is 23.9 Å². The highest BCUT2D eigenvalue weighted by molar-refractivity contribution is 7.20. The Balaban J connectivity index is 1.52. The van der Waals surface area contributed by atoms with E-state index in [0.29, 0.717) is 43.1 Å². The number of carbonyl (C=O) groups excluding carboxylic acids is 3. The number of benzene rings is 1. The van der Waals surface area contributed by atoms with Crippen LogP contribution < -0.4 is 10.2 Å². The largest absolute Gasteiger partial charge is 0.465 e. The van der Waals surface area contributed by atoms with E-state index in [1.807, 2.05) is 38.3 Å². The van der Waals surface area contributed by atoms with Crippen molar-refractivity contribution in [3.05, 3.63) is 52.3 Å². The van der Waals surface area contributed by atoms with Crippen molar-refractivity contribution in [1.82, 2.24) is 9.88 Å². The molecule has 0 unspecified atom stereocenters. The van der Waals surface area contributed by atoms with Gasteiger partial charge in [-0.05, 0) is 50.4 Å². The number of carbonyl (C=O) groups is 3. The molecule has 1 aromatic carbocycles. The van der Waals surface area contributed by atoms with Crippen molar-refractivity contribution >= 4 is 52.0 Å². The Hall–Kier alpha value is -3.44. The van der Waals surface area contributed by atoms with Crippen LogP contribution in [0.1, 0.15) is 41.6 Å². The standard InChI is InChI=1S/C25H28N4O5S2/c1-25(2,3)34-24(32)29-11-9-28(10-12-29)19-8-7-16(23(31)33-4)14-17(19)26-21(30)18-15-36-22(27-18)20-6-5-13-35-20/h5-8,13-15H,9-12H2,1-4H3,(H,26,30). The van der Waals surface area contributed by atoms with Crippen molar-refractivity contribution in [2.45, 2.75) is 26.4 Å². The van der Waals surface area contributed by atoms with Crippen molar-refractivity contribution in [3.63, 3.8) is 0 Å². The van der Waals surface area contributed by atoms with Gasteiger partial charge in [0.15, 0.2) is 0 Å². The fraction of sp³-hybridized carbons (Fsp3) is 0.360. The van der Waals surface area contributed by atoms with Gasteiger partial charge < -0.3 is 24.6 Å². The molecule has 36 heavy (non-hydrogen) atoms. The Labute approximate surface area is 217 Å². The molecule has 2 aromatic heterocycles. The highest BCUT2D eigenvalue weighted by Crippen LogP contribution is 2.31. The average molecular weight is 529 g/mol. The number of nitrogens with zero attached hydrogens (tertiary/aromatic N) is 3. The lowest BCUT2D eigenvalue weighted by molar-refractivity contribution is 0.0240. The van der Waals surface area contributed by atoms with Gasteiger partial charge in [-0.1, -0.05) is 6.07 Å². The van der Waals surface area contributed by atoms with E-state index in [1.54, 1.807) is 39.8 Å². The predicted molar refractivity (Wildman–Crippen MR) is 141 cm³/mol. The van der Waals surface area contributed by atoms with Crippen LogP contribution in [0.5, 0.6) is 0 Å². The Morgan fingerprint density at radius 3 is 2.44 bits per heavy atom. The third-order valence-electron chi connectivity index (χ3n) is 5.41. The molecular formula is C25H28N4O5S2. The number of ether oxygens (including phenoxy) is 2. The number of methoxy groups -OCH3 is 1. The van der Waals surface area contributed by atoms with Gasteiger partial charge in [0.2, 0.25) is 0 Å². The molecule has 190 valence electrons. The van der Waals surface area contributed by atoms with E-state index < -0.39 is 11.6 Å². The summed E-state index contributed by atoms with van der Waals surface area (Å²) in [5.74, 6) is -0.870. The highest BCUT2D eigenvalue weighted by atomic mass is 32.1. The Kier molecular flexibility index (Phi) is 7.60. The van der Waals surface area contributed by atoms with Crippen LogP contribution in [-0.4, -0.2) is 66.7 Å². The molecule has 11 heteroatoms. The topological polar surface area (TPSA) is 101 Å². The normalized spacial score (nSPS) is 13.9. The minimum atomic E-state index is -0.561. The maximum Gasteiger partial charge on any atom is 0.410 e. The number of piperazine rings is 1. The van der Waals surface area contributed by atoms with Gasteiger partial charge in [0.1, 0.15) is 16.3 Å². The lowest BCUT2D eigenvalue weighted by atomic mass is 10.1. The van der Waals surface area contributed by atoms with Crippen molar-refractivity contribution in [1.29, 1.82) is 0 Å². The molecule has 4 rings (SSSR count). The monoisotopic (exact) mass is 528 g/mol. The summed E-state index contributed by atoms with van der Waals surface area (Å²) in [4.78, 5) is 46.9. The summed E-state index contributed by atoms with van der Waals surface area (Å²) in [6, 6.07) is 8.94.